The second kappa shape index (κ2) is 12.0. The van der Waals surface area contributed by atoms with E-state index in [1.54, 1.807) is 24.0 Å². The summed E-state index contributed by atoms with van der Waals surface area (Å²) in [5.74, 6) is -0.848. The van der Waals surface area contributed by atoms with Gasteiger partial charge >= 0.3 is 6.09 Å². The Bertz CT molecular complexity index is 1250. The van der Waals surface area contributed by atoms with Gasteiger partial charge < -0.3 is 19.9 Å². The molecule has 196 valence electrons. The number of amides is 2. The van der Waals surface area contributed by atoms with E-state index in [4.69, 9.17) is 4.74 Å². The fourth-order valence-corrected chi connectivity index (χ4v) is 4.70. The Kier molecular flexibility index (Phi) is 8.53. The number of benzene rings is 2. The quantitative estimate of drug-likeness (QED) is 0.430. The lowest BCUT2D eigenvalue weighted by molar-refractivity contribution is -0.137. The van der Waals surface area contributed by atoms with Crippen molar-refractivity contribution in [1.29, 1.82) is 0 Å². The molecule has 0 bridgehead atoms. The van der Waals surface area contributed by atoms with Gasteiger partial charge in [-0.1, -0.05) is 43.3 Å². The van der Waals surface area contributed by atoms with Crippen molar-refractivity contribution in [1.82, 2.24) is 20.2 Å². The van der Waals surface area contributed by atoms with Gasteiger partial charge in [-0.2, -0.15) is 0 Å². The van der Waals surface area contributed by atoms with Gasteiger partial charge in [0, 0.05) is 24.9 Å². The number of rotatable bonds is 9. The molecule has 1 aliphatic heterocycles. The highest BCUT2D eigenvalue weighted by Gasteiger charge is 2.31. The topological polar surface area (TPSA) is 104 Å². The molecule has 2 amide bonds. The van der Waals surface area contributed by atoms with Gasteiger partial charge in [-0.05, 0) is 43.9 Å². The van der Waals surface area contributed by atoms with E-state index in [9.17, 15) is 18.8 Å². The van der Waals surface area contributed by atoms with E-state index in [0.717, 1.165) is 24.8 Å². The number of imidazole rings is 1. The standard InChI is InChI=1S/C28H33FN4O4/c1-18(27-30-22-13-8-12-21(29)26(22)32-27)15-24(34)23(16-25(35)33-14-7-6-9-19(33)2)31-28(36)37-17-20-10-4-3-5-11-20/h3-5,8,10-13,18-19,23H,6-7,9,14-17H2,1-2H3,(H,30,32)(H,31,36)/t18-,19+,23+/m1/s1. The summed E-state index contributed by atoms with van der Waals surface area (Å²) in [6, 6.07) is 12.9. The molecule has 3 atom stereocenters. The largest absolute Gasteiger partial charge is 0.445 e. The summed E-state index contributed by atoms with van der Waals surface area (Å²) < 4.78 is 19.4. The van der Waals surface area contributed by atoms with Gasteiger partial charge in [-0.25, -0.2) is 14.2 Å². The minimum Gasteiger partial charge on any atom is -0.445 e. The number of hydrogen-bond donors (Lipinski definition) is 2. The summed E-state index contributed by atoms with van der Waals surface area (Å²) in [5, 5.41) is 2.62. The molecule has 1 fully saturated rings. The molecular weight excluding hydrogens is 475 g/mol. The van der Waals surface area contributed by atoms with Gasteiger partial charge in [0.05, 0.1) is 18.0 Å². The van der Waals surface area contributed by atoms with E-state index >= 15 is 0 Å². The maximum absolute atomic E-state index is 14.1. The molecule has 1 saturated heterocycles. The average molecular weight is 509 g/mol. The number of piperidine rings is 1. The van der Waals surface area contributed by atoms with Crippen molar-refractivity contribution >= 4 is 28.8 Å². The zero-order valence-electron chi connectivity index (χ0n) is 21.2. The molecule has 4 rings (SSSR count). The average Bonchev–Trinajstić information content (AvgIpc) is 3.34. The van der Waals surface area contributed by atoms with Gasteiger partial charge in [0.1, 0.15) is 17.9 Å². The Morgan fingerprint density at radius 2 is 1.92 bits per heavy atom. The molecule has 2 N–H and O–H groups in total. The number of para-hydroxylation sites is 1. The lowest BCUT2D eigenvalue weighted by atomic mass is 9.96. The number of carbonyl (C=O) groups is 3. The lowest BCUT2D eigenvalue weighted by Crippen LogP contribution is -2.48. The van der Waals surface area contributed by atoms with E-state index in [2.05, 4.69) is 15.3 Å². The van der Waals surface area contributed by atoms with E-state index in [0.29, 0.717) is 17.9 Å². The van der Waals surface area contributed by atoms with Crippen molar-refractivity contribution in [2.75, 3.05) is 6.54 Å². The minimum atomic E-state index is -1.05. The van der Waals surface area contributed by atoms with Crippen LogP contribution >= 0.6 is 0 Å². The maximum atomic E-state index is 14.1. The molecule has 0 saturated carbocycles. The van der Waals surface area contributed by atoms with Crippen molar-refractivity contribution in [3.05, 3.63) is 65.7 Å². The number of alkyl carbamates (subject to hydrolysis) is 1. The fraction of sp³-hybridized carbons (Fsp3) is 0.429. The molecule has 3 aromatic rings. The van der Waals surface area contributed by atoms with Crippen molar-refractivity contribution in [2.24, 2.45) is 0 Å². The molecule has 2 aromatic carbocycles. The Morgan fingerprint density at radius 1 is 1.14 bits per heavy atom. The summed E-state index contributed by atoms with van der Waals surface area (Å²) >= 11 is 0. The highest BCUT2D eigenvalue weighted by molar-refractivity contribution is 5.92. The number of nitrogens with zero attached hydrogens (tertiary/aromatic N) is 2. The van der Waals surface area contributed by atoms with E-state index < -0.39 is 18.0 Å². The number of aromatic amines is 1. The highest BCUT2D eigenvalue weighted by atomic mass is 19.1. The zero-order valence-corrected chi connectivity index (χ0v) is 21.2. The number of Topliss-reactive ketones (excluding diaryl/α,β-unsaturated/α-hetero) is 1. The summed E-state index contributed by atoms with van der Waals surface area (Å²) in [4.78, 5) is 48.2. The van der Waals surface area contributed by atoms with Gasteiger partial charge in [0.25, 0.3) is 0 Å². The van der Waals surface area contributed by atoms with Crippen LogP contribution < -0.4 is 5.32 Å². The van der Waals surface area contributed by atoms with Gasteiger partial charge in [-0.15, -0.1) is 0 Å². The molecule has 1 aliphatic rings. The van der Waals surface area contributed by atoms with Gasteiger partial charge in [-0.3, -0.25) is 9.59 Å². The second-order valence-electron chi connectivity index (χ2n) is 9.72. The molecular formula is C28H33FN4O4. The third-order valence-electron chi connectivity index (χ3n) is 6.85. The SMILES string of the molecule is C[C@H](CC(=O)[C@H](CC(=O)N1CCCC[C@@H]1C)NC(=O)OCc1ccccc1)c1nc2c(F)cccc2[nH]1. The van der Waals surface area contributed by atoms with Crippen LogP contribution in [0.3, 0.4) is 0 Å². The molecule has 9 heteroatoms. The normalized spacial score (nSPS) is 17.3. The summed E-state index contributed by atoms with van der Waals surface area (Å²) in [6.07, 6.45) is 1.99. The first-order valence-electron chi connectivity index (χ1n) is 12.8. The smallest absolute Gasteiger partial charge is 0.408 e. The zero-order chi connectivity index (χ0) is 26.4. The number of likely N-dealkylation sites (tertiary alicyclic amines) is 1. The first-order chi connectivity index (χ1) is 17.8. The lowest BCUT2D eigenvalue weighted by Gasteiger charge is -2.34. The first-order valence-corrected chi connectivity index (χ1v) is 12.8. The van der Waals surface area contributed by atoms with Crippen molar-refractivity contribution in [2.45, 2.75) is 70.6 Å². The van der Waals surface area contributed by atoms with Crippen molar-refractivity contribution in [3.8, 4) is 0 Å². The van der Waals surface area contributed by atoms with E-state index in [-0.39, 0.29) is 48.6 Å². The Labute approximate surface area is 215 Å². The molecule has 1 aromatic heterocycles. The van der Waals surface area contributed by atoms with Gasteiger partial charge in [0.2, 0.25) is 5.91 Å². The predicted molar refractivity (Wildman–Crippen MR) is 137 cm³/mol. The highest BCUT2D eigenvalue weighted by Crippen LogP contribution is 2.24. The Hall–Kier alpha value is -3.75. The molecule has 0 spiro atoms. The number of aromatic nitrogens is 2. The van der Waals surface area contributed by atoms with Crippen LogP contribution in [0.2, 0.25) is 0 Å². The number of H-pyrrole nitrogens is 1. The van der Waals surface area contributed by atoms with Crippen LogP contribution in [0.25, 0.3) is 11.0 Å². The number of fused-ring (bicyclic) bond motifs is 1. The van der Waals surface area contributed by atoms with Crippen LogP contribution in [0, 0.1) is 5.82 Å². The molecule has 37 heavy (non-hydrogen) atoms. The van der Waals surface area contributed by atoms with Crippen molar-refractivity contribution < 1.29 is 23.5 Å². The third kappa shape index (κ3) is 6.72. The fourth-order valence-electron chi connectivity index (χ4n) is 4.70. The number of ether oxygens (including phenoxy) is 1. The van der Waals surface area contributed by atoms with Crippen molar-refractivity contribution in [3.63, 3.8) is 0 Å². The third-order valence-corrected chi connectivity index (χ3v) is 6.85. The Morgan fingerprint density at radius 3 is 2.65 bits per heavy atom. The molecule has 0 aliphatic carbocycles. The summed E-state index contributed by atoms with van der Waals surface area (Å²) in [7, 11) is 0. The summed E-state index contributed by atoms with van der Waals surface area (Å²) in [6.45, 7) is 4.48. The monoisotopic (exact) mass is 508 g/mol. The number of nitrogens with one attached hydrogen (secondary N) is 2. The first kappa shape index (κ1) is 26.3. The molecule has 8 nitrogen and oxygen atoms in total. The van der Waals surface area contributed by atoms with E-state index in [1.165, 1.54) is 6.07 Å². The van der Waals surface area contributed by atoms with Crippen LogP contribution in [0.5, 0.6) is 0 Å². The number of hydrogen-bond acceptors (Lipinski definition) is 5. The molecule has 0 radical (unpaired) electrons. The van der Waals surface area contributed by atoms with Crippen LogP contribution in [-0.2, 0) is 20.9 Å². The van der Waals surface area contributed by atoms with Crippen LogP contribution in [0.15, 0.2) is 48.5 Å². The van der Waals surface area contributed by atoms with E-state index in [1.807, 2.05) is 37.3 Å². The second-order valence-corrected chi connectivity index (χ2v) is 9.72. The Balaban J connectivity index is 1.45. The molecule has 2 heterocycles. The van der Waals surface area contributed by atoms with Crippen LogP contribution in [0.1, 0.15) is 63.3 Å². The maximum Gasteiger partial charge on any atom is 0.408 e. The number of carbonyl (C=O) groups excluding carboxylic acids is 3. The van der Waals surface area contributed by atoms with Crippen LogP contribution in [0.4, 0.5) is 9.18 Å². The predicted octanol–water partition coefficient (Wildman–Crippen LogP) is 4.85. The van der Waals surface area contributed by atoms with Crippen LogP contribution in [-0.4, -0.2) is 51.3 Å². The minimum absolute atomic E-state index is 0.00784. The molecule has 0 unspecified atom stereocenters. The van der Waals surface area contributed by atoms with Gasteiger partial charge in [0.15, 0.2) is 11.6 Å². The number of halogens is 1. The number of ketones is 1. The summed E-state index contributed by atoms with van der Waals surface area (Å²) in [5.41, 5.74) is 1.57.